The molecule has 3 nitrogen and oxygen atoms in total. The number of aryl methyl sites for hydroxylation is 2. The van der Waals surface area contributed by atoms with Crippen LogP contribution >= 0.6 is 0 Å². The van der Waals surface area contributed by atoms with E-state index in [0.717, 1.165) is 18.1 Å². The quantitative estimate of drug-likeness (QED) is 0.840. The van der Waals surface area contributed by atoms with Crippen molar-refractivity contribution in [2.75, 3.05) is 19.0 Å². The number of rotatable bonds is 6. The summed E-state index contributed by atoms with van der Waals surface area (Å²) in [7, 11) is 4.14. The Morgan fingerprint density at radius 2 is 2.06 bits per heavy atom. The average molecular weight is 249 g/mol. The van der Waals surface area contributed by atoms with Crippen LogP contribution in [0.2, 0.25) is 0 Å². The molecule has 1 N–H and O–H groups in total. The van der Waals surface area contributed by atoms with E-state index in [9.17, 15) is 0 Å². The van der Waals surface area contributed by atoms with Gasteiger partial charge in [0.05, 0.1) is 0 Å². The van der Waals surface area contributed by atoms with Gasteiger partial charge in [-0.2, -0.15) is 0 Å². The highest BCUT2D eigenvalue weighted by Crippen LogP contribution is 2.24. The third-order valence-electron chi connectivity index (χ3n) is 3.51. The Morgan fingerprint density at radius 3 is 2.61 bits per heavy atom. The minimum Gasteiger partial charge on any atom is -0.357 e. The lowest BCUT2D eigenvalue weighted by atomic mass is 10.1. The van der Waals surface area contributed by atoms with Crippen LogP contribution in [0, 0.1) is 13.8 Å². The Balaban J connectivity index is 3.12. The van der Waals surface area contributed by atoms with Crippen molar-refractivity contribution in [1.29, 1.82) is 0 Å². The van der Waals surface area contributed by atoms with E-state index in [-0.39, 0.29) is 0 Å². The summed E-state index contributed by atoms with van der Waals surface area (Å²) < 4.78 is 0. The summed E-state index contributed by atoms with van der Waals surface area (Å²) in [6, 6.07) is 2.69. The third-order valence-corrected chi connectivity index (χ3v) is 3.51. The number of nitrogens with zero attached hydrogens (tertiary/aromatic N) is 2. The molecule has 3 heteroatoms. The van der Waals surface area contributed by atoms with E-state index in [4.69, 9.17) is 4.98 Å². The summed E-state index contributed by atoms with van der Waals surface area (Å²) in [5.41, 5.74) is 3.73. The number of nitrogens with one attached hydrogen (secondary N) is 1. The SMILES string of the molecule is CCCC(C)N(C)c1nc(C)cc(C)c1CNC. The molecule has 18 heavy (non-hydrogen) atoms. The van der Waals surface area contributed by atoms with Crippen LogP contribution < -0.4 is 10.2 Å². The van der Waals surface area contributed by atoms with Gasteiger partial charge in [0.25, 0.3) is 0 Å². The van der Waals surface area contributed by atoms with E-state index in [0.29, 0.717) is 6.04 Å². The molecular formula is C15H27N3. The molecule has 0 saturated carbocycles. The van der Waals surface area contributed by atoms with E-state index in [1.54, 1.807) is 0 Å². The van der Waals surface area contributed by atoms with Gasteiger partial charge in [-0.15, -0.1) is 0 Å². The maximum Gasteiger partial charge on any atom is 0.133 e. The zero-order valence-electron chi connectivity index (χ0n) is 12.7. The average Bonchev–Trinajstić information content (AvgIpc) is 2.31. The molecule has 1 aromatic rings. The molecular weight excluding hydrogens is 222 g/mol. The van der Waals surface area contributed by atoms with Gasteiger partial charge in [0.1, 0.15) is 5.82 Å². The highest BCUT2D eigenvalue weighted by molar-refractivity contribution is 5.51. The van der Waals surface area contributed by atoms with Gasteiger partial charge in [0.2, 0.25) is 0 Å². The Labute approximate surface area is 112 Å². The standard InChI is InChI=1S/C15H27N3/c1-7-8-13(4)18(6)15-14(10-16-5)11(2)9-12(3)17-15/h9,13,16H,7-8,10H2,1-6H3. The van der Waals surface area contributed by atoms with E-state index in [1.165, 1.54) is 24.0 Å². The van der Waals surface area contributed by atoms with Crippen molar-refractivity contribution in [3.05, 3.63) is 22.9 Å². The first-order valence-electron chi connectivity index (χ1n) is 6.85. The van der Waals surface area contributed by atoms with E-state index in [2.05, 4.69) is 51.0 Å². The monoisotopic (exact) mass is 249 g/mol. The maximum atomic E-state index is 4.74. The fourth-order valence-corrected chi connectivity index (χ4v) is 2.35. The molecule has 0 aliphatic heterocycles. The second kappa shape index (κ2) is 6.74. The van der Waals surface area contributed by atoms with E-state index < -0.39 is 0 Å². The van der Waals surface area contributed by atoms with Crippen molar-refractivity contribution < 1.29 is 0 Å². The van der Waals surface area contributed by atoms with Crippen molar-refractivity contribution in [3.8, 4) is 0 Å². The zero-order valence-corrected chi connectivity index (χ0v) is 12.7. The van der Waals surface area contributed by atoms with Gasteiger partial charge >= 0.3 is 0 Å². The summed E-state index contributed by atoms with van der Waals surface area (Å²) in [6.45, 7) is 9.61. The molecule has 1 aromatic heterocycles. The summed E-state index contributed by atoms with van der Waals surface area (Å²) in [4.78, 5) is 7.06. The zero-order chi connectivity index (χ0) is 13.7. The van der Waals surface area contributed by atoms with Crippen LogP contribution in [0.15, 0.2) is 6.07 Å². The molecule has 1 heterocycles. The number of hydrogen-bond donors (Lipinski definition) is 1. The highest BCUT2D eigenvalue weighted by Gasteiger charge is 2.16. The molecule has 0 fully saturated rings. The first-order valence-corrected chi connectivity index (χ1v) is 6.85. The second-order valence-electron chi connectivity index (χ2n) is 5.16. The minimum absolute atomic E-state index is 0.527. The Kier molecular flexibility index (Phi) is 5.60. The van der Waals surface area contributed by atoms with Crippen LogP contribution in [0.25, 0.3) is 0 Å². The molecule has 1 rings (SSSR count). The van der Waals surface area contributed by atoms with Crippen LogP contribution in [-0.2, 0) is 6.54 Å². The highest BCUT2D eigenvalue weighted by atomic mass is 15.2. The van der Waals surface area contributed by atoms with Crippen LogP contribution in [0.1, 0.15) is 43.5 Å². The molecule has 0 spiro atoms. The van der Waals surface area contributed by atoms with E-state index >= 15 is 0 Å². The van der Waals surface area contributed by atoms with Gasteiger partial charge in [0.15, 0.2) is 0 Å². The van der Waals surface area contributed by atoms with Crippen LogP contribution in [-0.4, -0.2) is 25.1 Å². The second-order valence-corrected chi connectivity index (χ2v) is 5.16. The molecule has 0 saturated heterocycles. The van der Waals surface area contributed by atoms with Gasteiger partial charge in [-0.25, -0.2) is 4.98 Å². The Morgan fingerprint density at radius 1 is 1.39 bits per heavy atom. The Bertz CT molecular complexity index is 388. The smallest absolute Gasteiger partial charge is 0.133 e. The molecule has 0 amide bonds. The number of anilines is 1. The molecule has 0 aromatic carbocycles. The van der Waals surface area contributed by atoms with Crippen molar-refractivity contribution in [2.24, 2.45) is 0 Å². The fraction of sp³-hybridized carbons (Fsp3) is 0.667. The van der Waals surface area contributed by atoms with Gasteiger partial charge in [-0.1, -0.05) is 13.3 Å². The molecule has 102 valence electrons. The number of hydrogen-bond acceptors (Lipinski definition) is 3. The first kappa shape index (κ1) is 15.0. The molecule has 1 atom stereocenters. The number of aromatic nitrogens is 1. The van der Waals surface area contributed by atoms with E-state index in [1.807, 2.05) is 7.05 Å². The molecule has 0 aliphatic rings. The predicted molar refractivity (Wildman–Crippen MR) is 79.2 cm³/mol. The molecule has 0 radical (unpaired) electrons. The van der Waals surface area contributed by atoms with Gasteiger partial charge in [-0.05, 0) is 45.9 Å². The molecule has 0 bridgehead atoms. The van der Waals surface area contributed by atoms with Crippen molar-refractivity contribution in [2.45, 2.75) is 53.1 Å². The van der Waals surface area contributed by atoms with Crippen molar-refractivity contribution >= 4 is 5.82 Å². The summed E-state index contributed by atoms with van der Waals surface area (Å²) >= 11 is 0. The van der Waals surface area contributed by atoms with Crippen LogP contribution in [0.5, 0.6) is 0 Å². The minimum atomic E-state index is 0.527. The third kappa shape index (κ3) is 3.45. The lowest BCUT2D eigenvalue weighted by molar-refractivity contribution is 0.606. The van der Waals surface area contributed by atoms with Gasteiger partial charge in [0, 0.05) is 30.9 Å². The largest absolute Gasteiger partial charge is 0.357 e. The summed E-state index contributed by atoms with van der Waals surface area (Å²) in [6.07, 6.45) is 2.40. The lowest BCUT2D eigenvalue weighted by Gasteiger charge is -2.29. The molecule has 0 aliphatic carbocycles. The van der Waals surface area contributed by atoms with Crippen LogP contribution in [0.3, 0.4) is 0 Å². The van der Waals surface area contributed by atoms with Crippen LogP contribution in [0.4, 0.5) is 5.82 Å². The van der Waals surface area contributed by atoms with Crippen molar-refractivity contribution in [3.63, 3.8) is 0 Å². The summed E-state index contributed by atoms with van der Waals surface area (Å²) in [5, 5.41) is 3.24. The predicted octanol–water partition coefficient (Wildman–Crippen LogP) is 3.04. The topological polar surface area (TPSA) is 28.2 Å². The Hall–Kier alpha value is -1.09. The normalized spacial score (nSPS) is 12.6. The first-order chi connectivity index (χ1) is 8.51. The van der Waals surface area contributed by atoms with Gasteiger partial charge < -0.3 is 10.2 Å². The molecule has 1 unspecified atom stereocenters. The maximum absolute atomic E-state index is 4.74. The lowest BCUT2D eigenvalue weighted by Crippen LogP contribution is -2.31. The fourth-order valence-electron chi connectivity index (χ4n) is 2.35. The van der Waals surface area contributed by atoms with Gasteiger partial charge in [-0.3, -0.25) is 0 Å². The number of pyridine rings is 1. The van der Waals surface area contributed by atoms with Crippen molar-refractivity contribution in [1.82, 2.24) is 10.3 Å². The summed E-state index contributed by atoms with van der Waals surface area (Å²) in [5.74, 6) is 1.13.